The van der Waals surface area contributed by atoms with Gasteiger partial charge in [0.2, 0.25) is 0 Å². The van der Waals surface area contributed by atoms with E-state index >= 15 is 0 Å². The molecule has 2 radical (unpaired) electrons. The zero-order chi connectivity index (χ0) is 42.4. The van der Waals surface area contributed by atoms with Crippen molar-refractivity contribution >= 4 is 21.9 Å². The van der Waals surface area contributed by atoms with Crippen LogP contribution in [0.5, 0.6) is 0 Å². The van der Waals surface area contributed by atoms with Gasteiger partial charge in [-0.1, -0.05) is 62.0 Å². The van der Waals surface area contributed by atoms with Crippen molar-refractivity contribution in [1.82, 2.24) is 19.9 Å². The maximum absolute atomic E-state index is 7.00. The number of aliphatic hydroxyl groups is 2. The number of rotatable bonds is 4. The monoisotopic (exact) mass is 1190 g/mol. The maximum Gasteiger partial charge on any atom is 0.137 e. The Morgan fingerprint density at radius 2 is 0.810 bits per heavy atom. The summed E-state index contributed by atoms with van der Waals surface area (Å²) in [4.78, 5) is 17.3. The van der Waals surface area contributed by atoms with Crippen LogP contribution in [0.15, 0.2) is 197 Å². The van der Waals surface area contributed by atoms with Crippen LogP contribution in [0, 0.1) is 32.0 Å². The maximum atomic E-state index is 7.00. The van der Waals surface area contributed by atoms with E-state index in [1.54, 1.807) is 24.8 Å². The smallest absolute Gasteiger partial charge is 0.137 e. The van der Waals surface area contributed by atoms with E-state index in [9.17, 15) is 0 Å². The van der Waals surface area contributed by atoms with Gasteiger partial charge >= 0.3 is 0 Å². The van der Waals surface area contributed by atoms with Gasteiger partial charge in [-0.3, -0.25) is 4.98 Å². The first-order chi connectivity index (χ1) is 29.6. The van der Waals surface area contributed by atoms with E-state index in [2.05, 4.69) is 50.3 Å². The number of nitrogens with zero attached hydrogens (tertiary/aromatic N) is 4. The number of hydrogen-bond acceptors (Lipinski definition) is 8. The van der Waals surface area contributed by atoms with Crippen molar-refractivity contribution in [3.05, 3.63) is 218 Å². The summed E-state index contributed by atoms with van der Waals surface area (Å²) in [7, 11) is 2.00. The van der Waals surface area contributed by atoms with Crippen molar-refractivity contribution in [3.63, 3.8) is 0 Å². The summed E-state index contributed by atoms with van der Waals surface area (Å²) in [5.74, 6) is 1.82. The molecule has 10 rings (SSSR count). The molecule has 2 N–H and O–H groups in total. The molecule has 63 heavy (non-hydrogen) atoms. The Morgan fingerprint density at radius 3 is 1.22 bits per heavy atom. The quantitative estimate of drug-likeness (QED) is 0.167. The molecule has 0 aliphatic carbocycles. The summed E-state index contributed by atoms with van der Waals surface area (Å²) in [5.41, 5.74) is 9.81. The van der Waals surface area contributed by atoms with Gasteiger partial charge < -0.3 is 34.0 Å². The van der Waals surface area contributed by atoms with Crippen LogP contribution in [0.4, 0.5) is 0 Å². The number of pyridine rings is 4. The molecule has 10 aromatic rings. The Morgan fingerprint density at radius 1 is 0.413 bits per heavy atom. The van der Waals surface area contributed by atoms with Crippen LogP contribution in [-0.2, 0) is 40.2 Å². The van der Waals surface area contributed by atoms with Crippen molar-refractivity contribution < 1.29 is 59.3 Å². The van der Waals surface area contributed by atoms with Gasteiger partial charge in [-0.15, -0.1) is 108 Å². The third-order valence-electron chi connectivity index (χ3n) is 8.45. The molecule has 6 aromatic heterocycles. The summed E-state index contributed by atoms with van der Waals surface area (Å²) >= 11 is 0. The third-order valence-corrected chi connectivity index (χ3v) is 8.45. The molecule has 4 aromatic carbocycles. The minimum Gasteiger partial charge on any atom is -0.462 e. The Hall–Kier alpha value is -6.22. The van der Waals surface area contributed by atoms with Crippen LogP contribution in [0.25, 0.3) is 67.0 Å². The fourth-order valence-electron chi connectivity index (χ4n) is 5.91. The molecular weight excluding hydrogens is 1140 g/mol. The Kier molecular flexibility index (Phi) is 24.5. The predicted molar refractivity (Wildman–Crippen MR) is 247 cm³/mol. The number of aliphatic hydroxyl groups excluding tert-OH is 2. The van der Waals surface area contributed by atoms with E-state index in [1.807, 2.05) is 166 Å². The van der Waals surface area contributed by atoms with Crippen molar-refractivity contribution in [2.75, 3.05) is 14.2 Å². The first-order valence-corrected chi connectivity index (χ1v) is 19.0. The van der Waals surface area contributed by atoms with Gasteiger partial charge in [-0.25, -0.2) is 0 Å². The first-order valence-electron chi connectivity index (χ1n) is 19.0. The number of fused-ring (bicyclic) bond motifs is 2. The summed E-state index contributed by atoms with van der Waals surface area (Å²) in [6, 6.07) is 62.6. The van der Waals surface area contributed by atoms with Crippen LogP contribution in [0.1, 0.15) is 18.9 Å². The van der Waals surface area contributed by atoms with Gasteiger partial charge in [0, 0.05) is 95.6 Å². The predicted octanol–water partition coefficient (Wildman–Crippen LogP) is 12.4. The summed E-state index contributed by atoms with van der Waals surface area (Å²) in [6.45, 7) is 3.90. The first kappa shape index (κ1) is 52.9. The fourth-order valence-corrected chi connectivity index (χ4v) is 5.91. The molecule has 10 heteroatoms. The molecule has 0 saturated heterocycles. The Balaban J connectivity index is 0.000000279. The third kappa shape index (κ3) is 15.6. The van der Waals surface area contributed by atoms with Crippen LogP contribution >= 0.6 is 0 Å². The van der Waals surface area contributed by atoms with E-state index in [0.29, 0.717) is 0 Å². The van der Waals surface area contributed by atoms with E-state index in [4.69, 9.17) is 19.0 Å². The number of hydrogen-bond donors (Lipinski definition) is 2. The average Bonchev–Trinajstić information content (AvgIpc) is 3.93. The minimum atomic E-state index is 0. The van der Waals surface area contributed by atoms with Gasteiger partial charge in [-0.2, -0.15) is 0 Å². The molecule has 0 unspecified atom stereocenters. The van der Waals surface area contributed by atoms with Gasteiger partial charge in [0.25, 0.3) is 0 Å². The van der Waals surface area contributed by atoms with Gasteiger partial charge in [0.15, 0.2) is 0 Å². The molecule has 6 heterocycles. The van der Waals surface area contributed by atoms with Crippen LogP contribution in [0.3, 0.4) is 0 Å². The molecule has 0 fully saturated rings. The standard InChI is InChI=1S/C14H11NO.C14H10NO.2C11H8N.2CH4O.CH4.2Ir/c2*1-10-9-12-13(16-10)7-8-15-14(12)11-5-3-2-4-6-11;2*1-2-6-10(7-3-1)11-8-4-5-9-12-11;2*1-2;;;/h2-9H,1H3;2-5,7-9H,1H3;2*1-6,8-9H;2*2H,1H3;1H4;;/q;3*-1;;;;;. The van der Waals surface area contributed by atoms with E-state index < -0.39 is 0 Å². The number of benzene rings is 4. The van der Waals surface area contributed by atoms with Crippen molar-refractivity contribution in [1.29, 1.82) is 0 Å². The SMILES string of the molecule is C.CO.CO.Cc1cc2c(-c3[c-]cccc3)nccc2o1.Cc1cc2c(-c3ccccc3)nccc2o1.[Ir].[Ir].[c-]1ccccc1-c1ccccn1.[c-]1ccccc1-c1ccccn1. The fraction of sp³-hybridized carbons (Fsp3) is 0.0943. The summed E-state index contributed by atoms with van der Waals surface area (Å²) in [6.07, 6.45) is 7.13. The summed E-state index contributed by atoms with van der Waals surface area (Å²) in [5, 5.41) is 16.1. The second-order valence-corrected chi connectivity index (χ2v) is 12.5. The molecule has 0 spiro atoms. The van der Waals surface area contributed by atoms with Crippen LogP contribution in [-0.4, -0.2) is 44.4 Å². The van der Waals surface area contributed by atoms with Crippen molar-refractivity contribution in [2.45, 2.75) is 21.3 Å². The van der Waals surface area contributed by atoms with E-state index in [1.165, 1.54) is 0 Å². The normalized spacial score (nSPS) is 9.37. The molecule has 326 valence electrons. The number of aryl methyl sites for hydroxylation is 2. The average molecular weight is 1190 g/mol. The summed E-state index contributed by atoms with van der Waals surface area (Å²) < 4.78 is 11.2. The zero-order valence-corrected chi connectivity index (χ0v) is 39.4. The van der Waals surface area contributed by atoms with Crippen LogP contribution < -0.4 is 0 Å². The second kappa shape index (κ2) is 29.1. The Labute approximate surface area is 397 Å². The van der Waals surface area contributed by atoms with Crippen molar-refractivity contribution in [2.24, 2.45) is 0 Å². The van der Waals surface area contributed by atoms with Crippen molar-refractivity contribution in [3.8, 4) is 45.0 Å². The molecule has 0 amide bonds. The molecular formula is C53H49Ir2N4O4-3. The topological polar surface area (TPSA) is 118 Å². The number of furan rings is 2. The molecule has 0 aliphatic heterocycles. The Bertz CT molecular complexity index is 2440. The molecule has 0 saturated carbocycles. The van der Waals surface area contributed by atoms with E-state index in [-0.39, 0.29) is 47.6 Å². The molecule has 0 atom stereocenters. The molecule has 0 bridgehead atoms. The zero-order valence-electron chi connectivity index (χ0n) is 34.6. The number of aromatic nitrogens is 4. The molecule has 8 nitrogen and oxygen atoms in total. The second-order valence-electron chi connectivity index (χ2n) is 12.5. The minimum absolute atomic E-state index is 0. The van der Waals surface area contributed by atoms with Crippen LogP contribution in [0.2, 0.25) is 0 Å². The van der Waals surface area contributed by atoms with Gasteiger partial charge in [0.05, 0.1) is 5.69 Å². The van der Waals surface area contributed by atoms with Gasteiger partial charge in [-0.05, 0) is 67.3 Å². The van der Waals surface area contributed by atoms with E-state index in [0.717, 1.165) is 92.7 Å². The largest absolute Gasteiger partial charge is 0.462 e. The molecule has 0 aliphatic rings. The van der Waals surface area contributed by atoms with Gasteiger partial charge in [0.1, 0.15) is 22.7 Å².